The molecule has 0 unspecified atom stereocenters. The van der Waals surface area contributed by atoms with Gasteiger partial charge in [-0.2, -0.15) is 0 Å². The molecule has 7 heteroatoms. The van der Waals surface area contributed by atoms with Crippen molar-refractivity contribution < 1.29 is 28.6 Å². The van der Waals surface area contributed by atoms with Gasteiger partial charge in [-0.05, 0) is 55.3 Å². The molecule has 148 valence electrons. The predicted molar refractivity (Wildman–Crippen MR) is 103 cm³/mol. The van der Waals surface area contributed by atoms with Crippen LogP contribution in [0, 0.1) is 6.92 Å². The molecule has 2 aromatic carbocycles. The molecule has 0 bridgehead atoms. The quantitative estimate of drug-likeness (QED) is 0.527. The van der Waals surface area contributed by atoms with Crippen LogP contribution in [0.3, 0.4) is 0 Å². The Labute approximate surface area is 163 Å². The second-order valence-corrected chi connectivity index (χ2v) is 6.05. The van der Waals surface area contributed by atoms with Crippen molar-refractivity contribution in [2.45, 2.75) is 19.8 Å². The number of hydrogen-bond acceptors (Lipinski definition) is 6. The third kappa shape index (κ3) is 7.11. The summed E-state index contributed by atoms with van der Waals surface area (Å²) in [4.78, 5) is 34.9. The Morgan fingerprint density at radius 2 is 1.79 bits per heavy atom. The van der Waals surface area contributed by atoms with Crippen LogP contribution in [0.25, 0.3) is 0 Å². The molecule has 7 nitrogen and oxygen atoms in total. The monoisotopic (exact) mass is 385 g/mol. The summed E-state index contributed by atoms with van der Waals surface area (Å²) in [6, 6.07) is 13.8. The van der Waals surface area contributed by atoms with Gasteiger partial charge in [0.1, 0.15) is 5.75 Å². The summed E-state index contributed by atoms with van der Waals surface area (Å²) in [5.41, 5.74) is 1.96. The van der Waals surface area contributed by atoms with E-state index in [2.05, 4.69) is 10.1 Å². The predicted octanol–water partition coefficient (Wildman–Crippen LogP) is 3.12. The Hall–Kier alpha value is -3.35. The van der Waals surface area contributed by atoms with Crippen molar-refractivity contribution in [3.8, 4) is 5.75 Å². The van der Waals surface area contributed by atoms with E-state index in [1.807, 2.05) is 31.2 Å². The minimum Gasteiger partial charge on any atom is -0.494 e. The SMILES string of the molecule is COC(=O)c1ccc(NC(=O)COC(=O)CCCOc2cccc(C)c2)cc1. The third-order valence-corrected chi connectivity index (χ3v) is 3.74. The summed E-state index contributed by atoms with van der Waals surface area (Å²) in [6.07, 6.45) is 0.649. The number of aryl methyl sites for hydroxylation is 1. The Kier molecular flexibility index (Phi) is 8.02. The lowest BCUT2D eigenvalue weighted by atomic mass is 10.2. The number of methoxy groups -OCH3 is 1. The fourth-order valence-corrected chi connectivity index (χ4v) is 2.33. The number of hydrogen-bond donors (Lipinski definition) is 1. The van der Waals surface area contributed by atoms with Crippen molar-refractivity contribution in [3.05, 3.63) is 59.7 Å². The average Bonchev–Trinajstić information content (AvgIpc) is 2.70. The summed E-state index contributed by atoms with van der Waals surface area (Å²) >= 11 is 0. The van der Waals surface area contributed by atoms with Crippen LogP contribution in [0.2, 0.25) is 0 Å². The normalized spacial score (nSPS) is 10.1. The molecular formula is C21H23NO6. The number of carbonyl (C=O) groups excluding carboxylic acids is 3. The number of amides is 1. The molecule has 1 N–H and O–H groups in total. The molecule has 0 fully saturated rings. The number of carbonyl (C=O) groups is 3. The summed E-state index contributed by atoms with van der Waals surface area (Å²) in [6.45, 7) is 1.98. The maximum absolute atomic E-state index is 11.8. The molecule has 2 rings (SSSR count). The van der Waals surface area contributed by atoms with E-state index in [9.17, 15) is 14.4 Å². The Morgan fingerprint density at radius 3 is 2.46 bits per heavy atom. The molecule has 0 heterocycles. The lowest BCUT2D eigenvalue weighted by molar-refractivity contribution is -0.147. The molecule has 0 aliphatic rings. The van der Waals surface area contributed by atoms with E-state index >= 15 is 0 Å². The van der Waals surface area contributed by atoms with Crippen LogP contribution < -0.4 is 10.1 Å². The van der Waals surface area contributed by atoms with Crippen LogP contribution >= 0.6 is 0 Å². The van der Waals surface area contributed by atoms with Crippen LogP contribution in [0.5, 0.6) is 5.75 Å². The van der Waals surface area contributed by atoms with Gasteiger partial charge in [0.25, 0.3) is 5.91 Å². The molecule has 0 aromatic heterocycles. The van der Waals surface area contributed by atoms with Gasteiger partial charge in [0, 0.05) is 12.1 Å². The summed E-state index contributed by atoms with van der Waals surface area (Å²) in [5.74, 6) is -0.636. The molecular weight excluding hydrogens is 362 g/mol. The number of rotatable bonds is 9. The number of anilines is 1. The van der Waals surface area contributed by atoms with Gasteiger partial charge in [-0.15, -0.1) is 0 Å². The van der Waals surface area contributed by atoms with Crippen molar-refractivity contribution in [3.63, 3.8) is 0 Å². The fourth-order valence-electron chi connectivity index (χ4n) is 2.33. The van der Waals surface area contributed by atoms with Crippen molar-refractivity contribution >= 4 is 23.5 Å². The van der Waals surface area contributed by atoms with Gasteiger partial charge in [0.15, 0.2) is 6.61 Å². The van der Waals surface area contributed by atoms with Gasteiger partial charge in [-0.3, -0.25) is 9.59 Å². The number of nitrogens with one attached hydrogen (secondary N) is 1. The second-order valence-electron chi connectivity index (χ2n) is 6.05. The Morgan fingerprint density at radius 1 is 1.04 bits per heavy atom. The molecule has 0 saturated heterocycles. The van der Waals surface area contributed by atoms with Gasteiger partial charge < -0.3 is 19.5 Å². The van der Waals surface area contributed by atoms with E-state index in [-0.39, 0.29) is 13.0 Å². The fraction of sp³-hybridized carbons (Fsp3) is 0.286. The van der Waals surface area contributed by atoms with Gasteiger partial charge in [0.05, 0.1) is 19.3 Å². The molecule has 0 radical (unpaired) electrons. The third-order valence-electron chi connectivity index (χ3n) is 3.74. The highest BCUT2D eigenvalue weighted by Gasteiger charge is 2.09. The number of esters is 2. The second kappa shape index (κ2) is 10.7. The zero-order valence-corrected chi connectivity index (χ0v) is 15.9. The van der Waals surface area contributed by atoms with Crippen LogP contribution in [0.15, 0.2) is 48.5 Å². The molecule has 0 saturated carbocycles. The first-order valence-corrected chi connectivity index (χ1v) is 8.81. The van der Waals surface area contributed by atoms with Crippen LogP contribution in [0.1, 0.15) is 28.8 Å². The van der Waals surface area contributed by atoms with Gasteiger partial charge >= 0.3 is 11.9 Å². The van der Waals surface area contributed by atoms with Gasteiger partial charge in [-0.1, -0.05) is 12.1 Å². The van der Waals surface area contributed by atoms with E-state index in [0.29, 0.717) is 24.3 Å². The molecule has 0 atom stereocenters. The number of ether oxygens (including phenoxy) is 3. The zero-order valence-electron chi connectivity index (χ0n) is 15.9. The van der Waals surface area contributed by atoms with E-state index in [1.54, 1.807) is 12.1 Å². The maximum atomic E-state index is 11.8. The Bertz CT molecular complexity index is 816. The highest BCUT2D eigenvalue weighted by molar-refractivity contribution is 5.94. The first-order chi connectivity index (χ1) is 13.5. The molecule has 0 aliphatic heterocycles. The lowest BCUT2D eigenvalue weighted by Crippen LogP contribution is -2.21. The molecule has 0 spiro atoms. The van der Waals surface area contributed by atoms with Crippen molar-refractivity contribution in [1.29, 1.82) is 0 Å². The van der Waals surface area contributed by atoms with Crippen molar-refractivity contribution in [2.75, 3.05) is 25.6 Å². The first kappa shape index (κ1) is 21.0. The number of benzene rings is 2. The molecule has 28 heavy (non-hydrogen) atoms. The van der Waals surface area contributed by atoms with E-state index < -0.39 is 17.8 Å². The largest absolute Gasteiger partial charge is 0.494 e. The van der Waals surface area contributed by atoms with E-state index in [0.717, 1.165) is 11.3 Å². The highest BCUT2D eigenvalue weighted by atomic mass is 16.5. The Balaban J connectivity index is 1.63. The van der Waals surface area contributed by atoms with E-state index in [1.165, 1.54) is 19.2 Å². The molecule has 2 aromatic rings. The van der Waals surface area contributed by atoms with Gasteiger partial charge in [-0.25, -0.2) is 4.79 Å². The first-order valence-electron chi connectivity index (χ1n) is 8.81. The van der Waals surface area contributed by atoms with Crippen molar-refractivity contribution in [1.82, 2.24) is 0 Å². The van der Waals surface area contributed by atoms with Crippen LogP contribution in [-0.2, 0) is 19.1 Å². The smallest absolute Gasteiger partial charge is 0.337 e. The minimum atomic E-state index is -0.468. The zero-order chi connectivity index (χ0) is 20.4. The maximum Gasteiger partial charge on any atom is 0.337 e. The summed E-state index contributed by atoms with van der Waals surface area (Å²) in [7, 11) is 1.29. The van der Waals surface area contributed by atoms with E-state index in [4.69, 9.17) is 9.47 Å². The summed E-state index contributed by atoms with van der Waals surface area (Å²) in [5, 5.41) is 2.58. The van der Waals surface area contributed by atoms with Crippen LogP contribution in [-0.4, -0.2) is 38.2 Å². The lowest BCUT2D eigenvalue weighted by Gasteiger charge is -2.08. The molecule has 1 amide bonds. The van der Waals surface area contributed by atoms with Gasteiger partial charge in [0.2, 0.25) is 0 Å². The minimum absolute atomic E-state index is 0.160. The average molecular weight is 385 g/mol. The summed E-state index contributed by atoms with van der Waals surface area (Å²) < 4.78 is 15.1. The van der Waals surface area contributed by atoms with Crippen LogP contribution in [0.4, 0.5) is 5.69 Å². The standard InChI is InChI=1S/C21H23NO6/c1-15-5-3-6-18(13-15)27-12-4-7-20(24)28-14-19(23)22-17-10-8-16(9-11-17)21(25)26-2/h3,5-6,8-11,13H,4,7,12,14H2,1-2H3,(H,22,23). The topological polar surface area (TPSA) is 90.9 Å². The highest BCUT2D eigenvalue weighted by Crippen LogP contribution is 2.13. The van der Waals surface area contributed by atoms with Crippen molar-refractivity contribution in [2.24, 2.45) is 0 Å². The molecule has 0 aliphatic carbocycles.